The van der Waals surface area contributed by atoms with Gasteiger partial charge in [-0.05, 0) is 53.2 Å². The largest absolute Gasteiger partial charge is 0.397 e. The van der Waals surface area contributed by atoms with E-state index in [1.165, 1.54) is 10.1 Å². The van der Waals surface area contributed by atoms with Gasteiger partial charge in [0.15, 0.2) is 0 Å². The molecular formula is C14H11ClN2S. The number of hydrogen-bond donors (Lipinski definition) is 2. The van der Waals surface area contributed by atoms with Gasteiger partial charge in [-0.25, -0.2) is 0 Å². The summed E-state index contributed by atoms with van der Waals surface area (Å²) in [6.07, 6.45) is 0. The molecule has 18 heavy (non-hydrogen) atoms. The normalized spacial score (nSPS) is 10.7. The van der Waals surface area contributed by atoms with E-state index < -0.39 is 0 Å². The molecule has 3 rings (SSSR count). The Hall–Kier alpha value is -1.71. The zero-order valence-corrected chi connectivity index (χ0v) is 11.1. The van der Waals surface area contributed by atoms with Crippen LogP contribution in [0.25, 0.3) is 10.1 Å². The van der Waals surface area contributed by atoms with Crippen molar-refractivity contribution in [1.82, 2.24) is 0 Å². The van der Waals surface area contributed by atoms with Crippen LogP contribution in [0.2, 0.25) is 5.02 Å². The smallest absolute Gasteiger partial charge is 0.0632 e. The van der Waals surface area contributed by atoms with Crippen molar-refractivity contribution in [3.8, 4) is 0 Å². The van der Waals surface area contributed by atoms with Gasteiger partial charge in [0, 0.05) is 15.4 Å². The van der Waals surface area contributed by atoms with Crippen LogP contribution in [0.4, 0.5) is 17.1 Å². The van der Waals surface area contributed by atoms with Gasteiger partial charge in [0.2, 0.25) is 0 Å². The van der Waals surface area contributed by atoms with Crippen molar-refractivity contribution >= 4 is 50.1 Å². The predicted molar refractivity (Wildman–Crippen MR) is 81.0 cm³/mol. The van der Waals surface area contributed by atoms with E-state index in [0.717, 1.165) is 11.4 Å². The number of halogens is 1. The van der Waals surface area contributed by atoms with Crippen molar-refractivity contribution in [3.63, 3.8) is 0 Å². The quantitative estimate of drug-likeness (QED) is 0.654. The first-order chi connectivity index (χ1) is 8.72. The number of nitrogens with one attached hydrogen (secondary N) is 1. The first-order valence-corrected chi connectivity index (χ1v) is 6.77. The molecule has 1 aromatic heterocycles. The summed E-state index contributed by atoms with van der Waals surface area (Å²) in [5.41, 5.74) is 8.44. The third-order valence-electron chi connectivity index (χ3n) is 2.75. The Bertz CT molecular complexity index is 706. The second-order valence-electron chi connectivity index (χ2n) is 4.03. The van der Waals surface area contributed by atoms with E-state index in [1.54, 1.807) is 23.5 Å². The third-order valence-corrected chi connectivity index (χ3v) is 3.88. The maximum absolute atomic E-state index is 5.97. The highest BCUT2D eigenvalue weighted by Crippen LogP contribution is 2.29. The monoisotopic (exact) mass is 274 g/mol. The fraction of sp³-hybridized carbons (Fsp3) is 0. The number of thiophene rings is 1. The first-order valence-electron chi connectivity index (χ1n) is 5.52. The van der Waals surface area contributed by atoms with Gasteiger partial charge in [0.05, 0.1) is 11.4 Å². The number of nitrogen functional groups attached to an aromatic ring is 1. The molecule has 0 atom stereocenters. The molecular weight excluding hydrogens is 264 g/mol. The van der Waals surface area contributed by atoms with E-state index in [9.17, 15) is 0 Å². The van der Waals surface area contributed by atoms with Gasteiger partial charge in [-0.2, -0.15) is 0 Å². The number of nitrogens with two attached hydrogens (primary N) is 1. The SMILES string of the molecule is Nc1ccc(Cl)cc1Nc1ccc2sccc2c1. The summed E-state index contributed by atoms with van der Waals surface area (Å²) in [5, 5.41) is 7.27. The molecule has 0 fully saturated rings. The van der Waals surface area contributed by atoms with E-state index in [1.807, 2.05) is 12.1 Å². The average Bonchev–Trinajstić information content (AvgIpc) is 2.81. The standard InChI is InChI=1S/C14H11ClN2S/c15-10-1-3-12(16)13(8-10)17-11-2-4-14-9(7-11)5-6-18-14/h1-8,17H,16H2. The van der Waals surface area contributed by atoms with Gasteiger partial charge < -0.3 is 11.1 Å². The lowest BCUT2D eigenvalue weighted by molar-refractivity contribution is 1.57. The lowest BCUT2D eigenvalue weighted by Gasteiger charge is -2.09. The summed E-state index contributed by atoms with van der Waals surface area (Å²) in [5.74, 6) is 0. The summed E-state index contributed by atoms with van der Waals surface area (Å²) in [4.78, 5) is 0. The second-order valence-corrected chi connectivity index (χ2v) is 5.41. The molecule has 4 heteroatoms. The van der Waals surface area contributed by atoms with E-state index in [2.05, 4.69) is 28.9 Å². The molecule has 0 spiro atoms. The summed E-state index contributed by atoms with van der Waals surface area (Å²) in [7, 11) is 0. The van der Waals surface area contributed by atoms with Crippen molar-refractivity contribution in [2.24, 2.45) is 0 Å². The Morgan fingerprint density at radius 2 is 1.94 bits per heavy atom. The average molecular weight is 275 g/mol. The van der Waals surface area contributed by atoms with Crippen LogP contribution < -0.4 is 11.1 Å². The van der Waals surface area contributed by atoms with Crippen LogP contribution >= 0.6 is 22.9 Å². The Balaban J connectivity index is 1.97. The number of anilines is 3. The van der Waals surface area contributed by atoms with Gasteiger partial charge in [-0.15, -0.1) is 11.3 Å². The zero-order chi connectivity index (χ0) is 12.5. The molecule has 2 aromatic carbocycles. The summed E-state index contributed by atoms with van der Waals surface area (Å²) < 4.78 is 1.28. The molecule has 1 heterocycles. The van der Waals surface area contributed by atoms with E-state index in [4.69, 9.17) is 17.3 Å². The Morgan fingerprint density at radius 1 is 1.06 bits per heavy atom. The lowest BCUT2D eigenvalue weighted by Crippen LogP contribution is -1.95. The Morgan fingerprint density at radius 3 is 2.83 bits per heavy atom. The van der Waals surface area contributed by atoms with Crippen molar-refractivity contribution in [1.29, 1.82) is 0 Å². The number of rotatable bonds is 2. The van der Waals surface area contributed by atoms with Gasteiger partial charge in [0.25, 0.3) is 0 Å². The minimum Gasteiger partial charge on any atom is -0.397 e. The van der Waals surface area contributed by atoms with Gasteiger partial charge in [-0.3, -0.25) is 0 Å². The Labute approximate surface area is 114 Å². The van der Waals surface area contributed by atoms with E-state index in [-0.39, 0.29) is 0 Å². The minimum absolute atomic E-state index is 0.670. The van der Waals surface area contributed by atoms with Crippen molar-refractivity contribution in [3.05, 3.63) is 52.9 Å². The molecule has 0 radical (unpaired) electrons. The molecule has 0 aliphatic heterocycles. The summed E-state index contributed by atoms with van der Waals surface area (Å²) in [6, 6.07) is 13.8. The molecule has 2 nitrogen and oxygen atoms in total. The number of benzene rings is 2. The van der Waals surface area contributed by atoms with Crippen molar-refractivity contribution < 1.29 is 0 Å². The van der Waals surface area contributed by atoms with Gasteiger partial charge in [0.1, 0.15) is 0 Å². The number of fused-ring (bicyclic) bond motifs is 1. The number of hydrogen-bond acceptors (Lipinski definition) is 3. The summed E-state index contributed by atoms with van der Waals surface area (Å²) in [6.45, 7) is 0. The fourth-order valence-electron chi connectivity index (χ4n) is 1.84. The molecule has 3 N–H and O–H groups in total. The maximum Gasteiger partial charge on any atom is 0.0632 e. The zero-order valence-electron chi connectivity index (χ0n) is 9.48. The predicted octanol–water partition coefficient (Wildman–Crippen LogP) is 4.88. The van der Waals surface area contributed by atoms with Gasteiger partial charge in [-0.1, -0.05) is 11.6 Å². The highest BCUT2D eigenvalue weighted by Gasteiger charge is 2.02. The van der Waals surface area contributed by atoms with Crippen LogP contribution in [0.1, 0.15) is 0 Å². The first kappa shape index (κ1) is 11.4. The summed E-state index contributed by atoms with van der Waals surface area (Å²) >= 11 is 7.70. The van der Waals surface area contributed by atoms with Crippen LogP contribution in [-0.4, -0.2) is 0 Å². The van der Waals surface area contributed by atoms with Crippen LogP contribution in [0.15, 0.2) is 47.8 Å². The van der Waals surface area contributed by atoms with Crippen LogP contribution in [0, 0.1) is 0 Å². The minimum atomic E-state index is 0.670. The Kier molecular flexibility index (Phi) is 2.86. The second kappa shape index (κ2) is 4.52. The molecule has 90 valence electrons. The molecule has 0 bridgehead atoms. The molecule has 0 unspecified atom stereocenters. The van der Waals surface area contributed by atoms with Crippen LogP contribution in [0.5, 0.6) is 0 Å². The highest BCUT2D eigenvalue weighted by molar-refractivity contribution is 7.17. The van der Waals surface area contributed by atoms with Crippen LogP contribution in [-0.2, 0) is 0 Å². The van der Waals surface area contributed by atoms with Crippen LogP contribution in [0.3, 0.4) is 0 Å². The highest BCUT2D eigenvalue weighted by atomic mass is 35.5. The maximum atomic E-state index is 5.97. The molecule has 0 aliphatic rings. The third kappa shape index (κ3) is 2.15. The molecule has 0 amide bonds. The van der Waals surface area contributed by atoms with E-state index >= 15 is 0 Å². The van der Waals surface area contributed by atoms with Crippen molar-refractivity contribution in [2.45, 2.75) is 0 Å². The topological polar surface area (TPSA) is 38.0 Å². The molecule has 0 saturated carbocycles. The molecule has 0 aliphatic carbocycles. The fourth-order valence-corrected chi connectivity index (χ4v) is 2.78. The van der Waals surface area contributed by atoms with E-state index in [0.29, 0.717) is 10.7 Å². The lowest BCUT2D eigenvalue weighted by atomic mass is 10.2. The molecule has 0 saturated heterocycles. The molecule has 3 aromatic rings. The van der Waals surface area contributed by atoms with Crippen molar-refractivity contribution in [2.75, 3.05) is 11.1 Å². The van der Waals surface area contributed by atoms with Gasteiger partial charge >= 0.3 is 0 Å².